The van der Waals surface area contributed by atoms with Gasteiger partial charge in [-0.1, -0.05) is 15.9 Å². The van der Waals surface area contributed by atoms with E-state index in [2.05, 4.69) is 52.2 Å². The van der Waals surface area contributed by atoms with Crippen LogP contribution in [0.2, 0.25) is 0 Å². The van der Waals surface area contributed by atoms with Gasteiger partial charge in [0.15, 0.2) is 0 Å². The van der Waals surface area contributed by atoms with Crippen molar-refractivity contribution in [2.24, 2.45) is 0 Å². The molecule has 0 aliphatic rings. The van der Waals surface area contributed by atoms with Crippen LogP contribution >= 0.6 is 15.9 Å². The van der Waals surface area contributed by atoms with Crippen LogP contribution in [0.25, 0.3) is 10.8 Å². The van der Waals surface area contributed by atoms with Crippen LogP contribution in [0.1, 0.15) is 11.1 Å². The SMILES string of the molecule is Cc1cc(Nc2ccc(N)c3cnccc23)cc(C)c1Br. The van der Waals surface area contributed by atoms with Crippen molar-refractivity contribution >= 4 is 43.8 Å². The Morgan fingerprint density at radius 2 is 1.76 bits per heavy atom. The van der Waals surface area contributed by atoms with Crippen molar-refractivity contribution in [2.45, 2.75) is 13.8 Å². The third-order valence-corrected chi connectivity index (χ3v) is 4.82. The predicted octanol–water partition coefficient (Wildman–Crippen LogP) is 4.94. The number of rotatable bonds is 2. The number of nitrogens with zero attached hydrogens (tertiary/aromatic N) is 1. The van der Waals surface area contributed by atoms with E-state index in [4.69, 9.17) is 5.73 Å². The average Bonchev–Trinajstić information content (AvgIpc) is 2.48. The highest BCUT2D eigenvalue weighted by molar-refractivity contribution is 9.10. The topological polar surface area (TPSA) is 50.9 Å². The van der Waals surface area contributed by atoms with Crippen molar-refractivity contribution < 1.29 is 0 Å². The molecule has 0 unspecified atom stereocenters. The van der Waals surface area contributed by atoms with Gasteiger partial charge in [-0.25, -0.2) is 0 Å². The van der Waals surface area contributed by atoms with Crippen LogP contribution < -0.4 is 11.1 Å². The van der Waals surface area contributed by atoms with Crippen LogP contribution in [0.4, 0.5) is 17.1 Å². The van der Waals surface area contributed by atoms with E-state index in [9.17, 15) is 0 Å². The summed E-state index contributed by atoms with van der Waals surface area (Å²) in [6, 6.07) is 10.1. The van der Waals surface area contributed by atoms with Gasteiger partial charge in [0.2, 0.25) is 0 Å². The maximum Gasteiger partial charge on any atom is 0.0466 e. The fourth-order valence-corrected chi connectivity index (χ4v) is 2.72. The highest BCUT2D eigenvalue weighted by Gasteiger charge is 2.06. The maximum atomic E-state index is 6.01. The molecular weight excluding hydrogens is 326 g/mol. The van der Waals surface area contributed by atoms with Gasteiger partial charge in [0.25, 0.3) is 0 Å². The number of nitrogen functional groups attached to an aromatic ring is 1. The lowest BCUT2D eigenvalue weighted by Gasteiger charge is -2.13. The van der Waals surface area contributed by atoms with E-state index in [-0.39, 0.29) is 0 Å². The van der Waals surface area contributed by atoms with Crippen molar-refractivity contribution in [3.05, 3.63) is 58.3 Å². The lowest BCUT2D eigenvalue weighted by molar-refractivity contribution is 1.33. The molecule has 21 heavy (non-hydrogen) atoms. The van der Waals surface area contributed by atoms with E-state index in [0.29, 0.717) is 0 Å². The number of nitrogens with two attached hydrogens (primary N) is 1. The van der Waals surface area contributed by atoms with Gasteiger partial charge in [-0.2, -0.15) is 0 Å². The summed E-state index contributed by atoms with van der Waals surface area (Å²) < 4.78 is 1.15. The van der Waals surface area contributed by atoms with Crippen molar-refractivity contribution in [2.75, 3.05) is 11.1 Å². The third kappa shape index (κ3) is 2.59. The second-order valence-electron chi connectivity index (χ2n) is 5.17. The molecule has 0 aliphatic heterocycles. The molecule has 0 atom stereocenters. The van der Waals surface area contributed by atoms with Gasteiger partial charge in [-0.05, 0) is 55.3 Å². The minimum absolute atomic E-state index is 0.742. The zero-order valence-corrected chi connectivity index (χ0v) is 13.5. The van der Waals surface area contributed by atoms with E-state index in [1.807, 2.05) is 18.2 Å². The number of halogens is 1. The molecule has 0 aliphatic carbocycles. The number of fused-ring (bicyclic) bond motifs is 1. The fraction of sp³-hybridized carbons (Fsp3) is 0.118. The monoisotopic (exact) mass is 341 g/mol. The normalized spacial score (nSPS) is 10.8. The van der Waals surface area contributed by atoms with Crippen molar-refractivity contribution in [3.8, 4) is 0 Å². The van der Waals surface area contributed by atoms with Crippen LogP contribution in [0, 0.1) is 13.8 Å². The zero-order valence-electron chi connectivity index (χ0n) is 11.9. The molecule has 3 aromatic rings. The standard InChI is InChI=1S/C17H16BrN3/c1-10-7-12(8-11(2)17(10)18)21-16-4-3-15(19)14-9-20-6-5-13(14)16/h3-9,21H,19H2,1-2H3. The summed E-state index contributed by atoms with van der Waals surface area (Å²) in [5.41, 5.74) is 11.3. The Hall–Kier alpha value is -2.07. The summed E-state index contributed by atoms with van der Waals surface area (Å²) in [7, 11) is 0. The van der Waals surface area contributed by atoms with Crippen LogP contribution in [-0.4, -0.2) is 4.98 Å². The first-order chi connectivity index (χ1) is 10.1. The molecule has 0 fully saturated rings. The Labute approximate surface area is 132 Å². The number of hydrogen-bond acceptors (Lipinski definition) is 3. The summed E-state index contributed by atoms with van der Waals surface area (Å²) in [5, 5.41) is 5.52. The largest absolute Gasteiger partial charge is 0.398 e. The Morgan fingerprint density at radius 1 is 1.05 bits per heavy atom. The van der Waals surface area contributed by atoms with E-state index in [0.717, 1.165) is 32.3 Å². The molecule has 3 rings (SSSR count). The molecule has 3 N–H and O–H groups in total. The second kappa shape index (κ2) is 5.37. The lowest BCUT2D eigenvalue weighted by atomic mass is 10.1. The fourth-order valence-electron chi connectivity index (χ4n) is 2.49. The van der Waals surface area contributed by atoms with Gasteiger partial charge < -0.3 is 11.1 Å². The minimum Gasteiger partial charge on any atom is -0.398 e. The summed E-state index contributed by atoms with van der Waals surface area (Å²) >= 11 is 3.60. The number of aromatic nitrogens is 1. The highest BCUT2D eigenvalue weighted by Crippen LogP contribution is 2.32. The molecule has 4 heteroatoms. The molecule has 0 bridgehead atoms. The first kappa shape index (κ1) is 13.9. The number of nitrogens with one attached hydrogen (secondary N) is 1. The van der Waals surface area contributed by atoms with Crippen molar-refractivity contribution in [3.63, 3.8) is 0 Å². The Balaban J connectivity index is 2.09. The molecule has 1 aromatic heterocycles. The molecule has 0 saturated heterocycles. The summed E-state index contributed by atoms with van der Waals surface area (Å²) in [4.78, 5) is 4.15. The average molecular weight is 342 g/mol. The van der Waals surface area contributed by atoms with Gasteiger partial charge in [0, 0.05) is 44.7 Å². The van der Waals surface area contributed by atoms with E-state index >= 15 is 0 Å². The van der Waals surface area contributed by atoms with Crippen LogP contribution in [0.5, 0.6) is 0 Å². The Morgan fingerprint density at radius 3 is 2.48 bits per heavy atom. The molecule has 2 aromatic carbocycles. The number of pyridine rings is 1. The van der Waals surface area contributed by atoms with Gasteiger partial charge in [0.1, 0.15) is 0 Å². The van der Waals surface area contributed by atoms with Crippen molar-refractivity contribution in [1.82, 2.24) is 4.98 Å². The molecule has 0 amide bonds. The molecule has 3 nitrogen and oxygen atoms in total. The van der Waals surface area contributed by atoms with Crippen LogP contribution in [-0.2, 0) is 0 Å². The van der Waals surface area contributed by atoms with E-state index < -0.39 is 0 Å². The first-order valence-electron chi connectivity index (χ1n) is 6.72. The van der Waals surface area contributed by atoms with Crippen molar-refractivity contribution in [1.29, 1.82) is 0 Å². The summed E-state index contributed by atoms with van der Waals surface area (Å²) in [6.45, 7) is 4.18. The number of anilines is 3. The highest BCUT2D eigenvalue weighted by atomic mass is 79.9. The smallest absolute Gasteiger partial charge is 0.0466 e. The van der Waals surface area contributed by atoms with Crippen LogP contribution in [0.15, 0.2) is 47.2 Å². The molecule has 0 radical (unpaired) electrons. The molecule has 106 valence electrons. The van der Waals surface area contributed by atoms with E-state index in [1.165, 1.54) is 11.1 Å². The van der Waals surface area contributed by atoms with E-state index in [1.54, 1.807) is 12.4 Å². The third-order valence-electron chi connectivity index (χ3n) is 3.57. The Kier molecular flexibility index (Phi) is 3.55. The second-order valence-corrected chi connectivity index (χ2v) is 5.97. The number of benzene rings is 2. The summed E-state index contributed by atoms with van der Waals surface area (Å²) in [6.07, 6.45) is 3.58. The molecule has 1 heterocycles. The predicted molar refractivity (Wildman–Crippen MR) is 93.1 cm³/mol. The van der Waals surface area contributed by atoms with Gasteiger partial charge in [0.05, 0.1) is 0 Å². The molecule has 0 spiro atoms. The van der Waals surface area contributed by atoms with Gasteiger partial charge >= 0.3 is 0 Å². The zero-order chi connectivity index (χ0) is 15.0. The number of hydrogen-bond donors (Lipinski definition) is 2. The number of aryl methyl sites for hydroxylation is 2. The van der Waals surface area contributed by atoms with Gasteiger partial charge in [-0.15, -0.1) is 0 Å². The first-order valence-corrected chi connectivity index (χ1v) is 7.51. The Bertz CT molecular complexity index is 804. The summed E-state index contributed by atoms with van der Waals surface area (Å²) in [5.74, 6) is 0. The lowest BCUT2D eigenvalue weighted by Crippen LogP contribution is -1.96. The van der Waals surface area contributed by atoms with Crippen LogP contribution in [0.3, 0.4) is 0 Å². The minimum atomic E-state index is 0.742. The molecular formula is C17H16BrN3. The quantitative estimate of drug-likeness (QED) is 0.649. The molecule has 0 saturated carbocycles. The van der Waals surface area contributed by atoms with Gasteiger partial charge in [-0.3, -0.25) is 4.98 Å². The maximum absolute atomic E-state index is 6.01.